The van der Waals surface area contributed by atoms with E-state index in [4.69, 9.17) is 0 Å². The second-order valence-corrected chi connectivity index (χ2v) is 3.73. The van der Waals surface area contributed by atoms with Gasteiger partial charge in [0, 0.05) is 18.5 Å². The minimum Gasteiger partial charge on any atom is -0.337 e. The molecule has 12 heavy (non-hydrogen) atoms. The average Bonchev–Trinajstić information content (AvgIpc) is 2.50. The maximum atomic E-state index is 3.92. The lowest BCUT2D eigenvalue weighted by atomic mass is 9.80. The van der Waals surface area contributed by atoms with E-state index in [2.05, 4.69) is 39.4 Å². The molecule has 1 fully saturated rings. The van der Waals surface area contributed by atoms with Crippen LogP contribution in [0.1, 0.15) is 20.3 Å². The molecule has 5 heteroatoms. The van der Waals surface area contributed by atoms with Crippen molar-refractivity contribution in [2.45, 2.75) is 20.3 Å². The minimum atomic E-state index is 0.459. The van der Waals surface area contributed by atoms with Crippen LogP contribution in [-0.2, 0) is 0 Å². The highest BCUT2D eigenvalue weighted by Gasteiger charge is 2.38. The smallest absolute Gasteiger partial charge is 0.265 e. The zero-order valence-corrected chi connectivity index (χ0v) is 7.41. The monoisotopic (exact) mass is 167 g/mol. The van der Waals surface area contributed by atoms with Gasteiger partial charge < -0.3 is 4.90 Å². The van der Waals surface area contributed by atoms with Gasteiger partial charge in [-0.25, -0.2) is 0 Å². The molecule has 0 radical (unpaired) electrons. The first kappa shape index (κ1) is 7.52. The molecule has 1 saturated heterocycles. The summed E-state index contributed by atoms with van der Waals surface area (Å²) in [5.74, 6) is 0.723. The topological polar surface area (TPSA) is 57.7 Å². The van der Waals surface area contributed by atoms with Crippen molar-refractivity contribution in [1.29, 1.82) is 0 Å². The van der Waals surface area contributed by atoms with Gasteiger partial charge in [-0.15, -0.1) is 5.10 Å². The highest BCUT2D eigenvalue weighted by atomic mass is 15.5. The molecule has 1 aliphatic heterocycles. The fraction of sp³-hybridized carbons (Fsp3) is 0.857. The molecule has 1 N–H and O–H groups in total. The van der Waals surface area contributed by atoms with Gasteiger partial charge in [0.15, 0.2) is 0 Å². The molecule has 0 unspecified atom stereocenters. The molecule has 0 saturated carbocycles. The molecule has 0 bridgehead atoms. The number of rotatable bonds is 2. The van der Waals surface area contributed by atoms with Crippen molar-refractivity contribution in [3.05, 3.63) is 0 Å². The summed E-state index contributed by atoms with van der Waals surface area (Å²) in [5.41, 5.74) is 0.459. The van der Waals surface area contributed by atoms with Crippen molar-refractivity contribution in [3.8, 4) is 0 Å². The lowest BCUT2D eigenvalue weighted by molar-refractivity contribution is 0.230. The van der Waals surface area contributed by atoms with E-state index < -0.39 is 0 Å². The number of nitrogens with one attached hydrogen (secondary N) is 1. The Morgan fingerprint density at radius 1 is 1.58 bits per heavy atom. The normalized spacial score (nSPS) is 20.7. The molecule has 0 aromatic carbocycles. The van der Waals surface area contributed by atoms with Crippen LogP contribution in [0.15, 0.2) is 0 Å². The summed E-state index contributed by atoms with van der Waals surface area (Å²) in [6.07, 6.45) is 1.21. The summed E-state index contributed by atoms with van der Waals surface area (Å²) in [6.45, 7) is 6.59. The van der Waals surface area contributed by atoms with E-state index >= 15 is 0 Å². The molecule has 5 nitrogen and oxygen atoms in total. The van der Waals surface area contributed by atoms with Crippen molar-refractivity contribution in [2.24, 2.45) is 5.41 Å². The number of anilines is 1. The Bertz CT molecular complexity index is 249. The lowest BCUT2D eigenvalue weighted by Crippen LogP contribution is -2.54. The molecule has 0 atom stereocenters. The van der Waals surface area contributed by atoms with Crippen LogP contribution in [0.25, 0.3) is 0 Å². The van der Waals surface area contributed by atoms with Gasteiger partial charge in [-0.1, -0.05) is 18.9 Å². The molecule has 0 spiro atoms. The summed E-state index contributed by atoms with van der Waals surface area (Å²) in [6, 6.07) is 0. The Kier molecular flexibility index (Phi) is 1.52. The molecule has 2 heterocycles. The number of nitrogens with zero attached hydrogens (tertiary/aromatic N) is 4. The summed E-state index contributed by atoms with van der Waals surface area (Å²) in [4.78, 5) is 2.13. The Hall–Kier alpha value is -1.13. The largest absolute Gasteiger partial charge is 0.337 e. The van der Waals surface area contributed by atoms with E-state index in [0.29, 0.717) is 5.41 Å². The van der Waals surface area contributed by atoms with Gasteiger partial charge in [0.1, 0.15) is 0 Å². The highest BCUT2D eigenvalue weighted by Crippen LogP contribution is 2.34. The fourth-order valence-corrected chi connectivity index (χ4v) is 1.53. The quantitative estimate of drug-likeness (QED) is 0.694. The van der Waals surface area contributed by atoms with Crippen LogP contribution in [-0.4, -0.2) is 33.7 Å². The van der Waals surface area contributed by atoms with E-state index in [-0.39, 0.29) is 0 Å². The summed E-state index contributed by atoms with van der Waals surface area (Å²) in [7, 11) is 0. The predicted octanol–water partition coefficient (Wildman–Crippen LogP) is 0.436. The first-order chi connectivity index (χ1) is 5.73. The lowest BCUT2D eigenvalue weighted by Gasteiger charge is -2.46. The molecular formula is C7H13N5. The second kappa shape index (κ2) is 2.43. The molecule has 1 aromatic heterocycles. The molecule has 66 valence electrons. The third-order valence-electron chi connectivity index (χ3n) is 2.62. The molecule has 0 amide bonds. The molecule has 2 rings (SSSR count). The Balaban J connectivity index is 1.98. The van der Waals surface area contributed by atoms with Crippen LogP contribution < -0.4 is 4.90 Å². The van der Waals surface area contributed by atoms with Gasteiger partial charge in [0.05, 0.1) is 0 Å². The molecule has 1 aromatic rings. The molecule has 0 aliphatic carbocycles. The van der Waals surface area contributed by atoms with Crippen LogP contribution in [0.5, 0.6) is 0 Å². The van der Waals surface area contributed by atoms with Crippen LogP contribution in [0, 0.1) is 5.41 Å². The van der Waals surface area contributed by atoms with Gasteiger partial charge in [0.25, 0.3) is 5.95 Å². The van der Waals surface area contributed by atoms with Crippen LogP contribution in [0.3, 0.4) is 0 Å². The second-order valence-electron chi connectivity index (χ2n) is 3.73. The number of hydrogen-bond donors (Lipinski definition) is 1. The van der Waals surface area contributed by atoms with Crippen molar-refractivity contribution in [2.75, 3.05) is 18.0 Å². The SMILES string of the molecule is CCC1(C)CN(c2nn[nH]n2)C1. The van der Waals surface area contributed by atoms with Crippen LogP contribution in [0.4, 0.5) is 5.95 Å². The van der Waals surface area contributed by atoms with Gasteiger partial charge in [0.2, 0.25) is 0 Å². The van der Waals surface area contributed by atoms with E-state index in [1.807, 2.05) is 0 Å². The van der Waals surface area contributed by atoms with Gasteiger partial charge >= 0.3 is 0 Å². The number of H-pyrrole nitrogens is 1. The van der Waals surface area contributed by atoms with Crippen LogP contribution >= 0.6 is 0 Å². The van der Waals surface area contributed by atoms with Crippen molar-refractivity contribution < 1.29 is 0 Å². The van der Waals surface area contributed by atoms with Crippen molar-refractivity contribution >= 4 is 5.95 Å². The van der Waals surface area contributed by atoms with Crippen LogP contribution in [0.2, 0.25) is 0 Å². The number of aromatic nitrogens is 4. The zero-order valence-electron chi connectivity index (χ0n) is 7.41. The first-order valence-corrected chi connectivity index (χ1v) is 4.22. The summed E-state index contributed by atoms with van der Waals surface area (Å²) < 4.78 is 0. The average molecular weight is 167 g/mol. The van der Waals surface area contributed by atoms with Gasteiger partial charge in [-0.3, -0.25) is 0 Å². The highest BCUT2D eigenvalue weighted by molar-refractivity contribution is 5.33. The Morgan fingerprint density at radius 3 is 2.83 bits per heavy atom. The number of tetrazole rings is 1. The van der Waals surface area contributed by atoms with Gasteiger partial charge in [-0.05, 0) is 11.6 Å². The maximum Gasteiger partial charge on any atom is 0.265 e. The number of aromatic amines is 1. The third kappa shape index (κ3) is 1.05. The van der Waals surface area contributed by atoms with Crippen molar-refractivity contribution in [1.82, 2.24) is 20.6 Å². The minimum absolute atomic E-state index is 0.459. The van der Waals surface area contributed by atoms with E-state index in [9.17, 15) is 0 Å². The van der Waals surface area contributed by atoms with Crippen molar-refractivity contribution in [3.63, 3.8) is 0 Å². The third-order valence-corrected chi connectivity index (χ3v) is 2.62. The summed E-state index contributed by atoms with van der Waals surface area (Å²) >= 11 is 0. The maximum absolute atomic E-state index is 3.92. The predicted molar refractivity (Wildman–Crippen MR) is 44.8 cm³/mol. The standard InChI is InChI=1S/C7H13N5/c1-3-7(2)4-12(5-7)6-8-10-11-9-6/h3-5H2,1-2H3,(H,8,9,10,11). The fourth-order valence-electron chi connectivity index (χ4n) is 1.53. The molecule has 1 aliphatic rings. The zero-order chi connectivity index (χ0) is 8.60. The summed E-state index contributed by atoms with van der Waals surface area (Å²) in [5, 5.41) is 13.8. The molecular weight excluding hydrogens is 154 g/mol. The first-order valence-electron chi connectivity index (χ1n) is 4.22. The number of hydrogen-bond acceptors (Lipinski definition) is 4. The Labute approximate surface area is 71.1 Å². The van der Waals surface area contributed by atoms with E-state index in [0.717, 1.165) is 19.0 Å². The Morgan fingerprint density at radius 2 is 2.33 bits per heavy atom. The van der Waals surface area contributed by atoms with E-state index in [1.54, 1.807) is 0 Å². The van der Waals surface area contributed by atoms with Gasteiger partial charge in [-0.2, -0.15) is 5.21 Å². The van der Waals surface area contributed by atoms with E-state index in [1.165, 1.54) is 6.42 Å².